The summed E-state index contributed by atoms with van der Waals surface area (Å²) in [7, 11) is -4.12. The van der Waals surface area contributed by atoms with Gasteiger partial charge in [-0.3, -0.25) is 9.36 Å². The summed E-state index contributed by atoms with van der Waals surface area (Å²) in [5, 5.41) is 6.83. The van der Waals surface area contributed by atoms with Crippen LogP contribution in [0.25, 0.3) is 16.5 Å². The first-order chi connectivity index (χ1) is 16.7. The molecular formula is C23H18ClFN4O4S2. The molecule has 12 heteroatoms. The minimum absolute atomic E-state index is 0.00722. The molecule has 2 aromatic heterocycles. The number of fused-ring (bicyclic) bond motifs is 1. The zero-order valence-corrected chi connectivity index (χ0v) is 20.3. The molecule has 0 aliphatic heterocycles. The molecule has 1 fully saturated rings. The fraction of sp³-hybridized carbons (Fsp3) is 0.130. The van der Waals surface area contributed by atoms with E-state index < -0.39 is 27.4 Å². The lowest BCUT2D eigenvalue weighted by Crippen LogP contribution is -2.34. The van der Waals surface area contributed by atoms with Gasteiger partial charge < -0.3 is 10.6 Å². The maximum atomic E-state index is 14.9. The highest BCUT2D eigenvalue weighted by atomic mass is 35.5. The number of hydrogen-bond donors (Lipinski definition) is 3. The van der Waals surface area contributed by atoms with Crippen LogP contribution in [-0.4, -0.2) is 25.1 Å². The van der Waals surface area contributed by atoms with Crippen LogP contribution in [0.2, 0.25) is 4.34 Å². The Balaban J connectivity index is 1.35. The van der Waals surface area contributed by atoms with Gasteiger partial charge in [0.05, 0.1) is 10.0 Å². The average Bonchev–Trinajstić information content (AvgIpc) is 3.49. The number of nitrogens with zero attached hydrogens (tertiary/aromatic N) is 1. The number of pyridine rings is 1. The van der Waals surface area contributed by atoms with E-state index in [1.807, 2.05) is 16.9 Å². The molecule has 35 heavy (non-hydrogen) atoms. The van der Waals surface area contributed by atoms with E-state index in [1.165, 1.54) is 35.0 Å². The summed E-state index contributed by atoms with van der Waals surface area (Å²) in [6.07, 6.45) is 3.75. The summed E-state index contributed by atoms with van der Waals surface area (Å²) >= 11 is 6.53. The highest BCUT2D eigenvalue weighted by molar-refractivity contribution is 7.92. The van der Waals surface area contributed by atoms with Gasteiger partial charge in [0.2, 0.25) is 0 Å². The molecule has 2 aromatic carbocycles. The monoisotopic (exact) mass is 532 g/mol. The third-order valence-corrected chi connectivity index (χ3v) is 8.41. The molecule has 0 bridgehead atoms. The first-order valence-corrected chi connectivity index (χ1v) is 13.2. The number of sulfonamides is 1. The largest absolute Gasteiger partial charge is 0.382 e. The van der Waals surface area contributed by atoms with E-state index in [2.05, 4.69) is 10.6 Å². The Kier molecular flexibility index (Phi) is 5.99. The predicted molar refractivity (Wildman–Crippen MR) is 135 cm³/mol. The summed E-state index contributed by atoms with van der Waals surface area (Å²) in [5.41, 5.74) is 0.538. The van der Waals surface area contributed by atoms with Crippen LogP contribution in [0.1, 0.15) is 12.8 Å². The molecule has 0 saturated heterocycles. The molecule has 2 heterocycles. The lowest BCUT2D eigenvalue weighted by molar-refractivity contribution is 0.256. The van der Waals surface area contributed by atoms with Crippen LogP contribution in [0.3, 0.4) is 0 Å². The Morgan fingerprint density at radius 3 is 2.51 bits per heavy atom. The number of benzene rings is 2. The van der Waals surface area contributed by atoms with Crippen molar-refractivity contribution in [3.8, 4) is 5.69 Å². The molecule has 180 valence electrons. The number of anilines is 2. The molecular weight excluding hydrogens is 515 g/mol. The molecule has 4 aromatic rings. The summed E-state index contributed by atoms with van der Waals surface area (Å²) in [6.45, 7) is 0. The summed E-state index contributed by atoms with van der Waals surface area (Å²) < 4.78 is 42.5. The van der Waals surface area contributed by atoms with Crippen molar-refractivity contribution in [3.63, 3.8) is 0 Å². The minimum atomic E-state index is -4.12. The number of hydrogen-bond acceptors (Lipinski definition) is 6. The smallest absolute Gasteiger partial charge is 0.333 e. The Morgan fingerprint density at radius 1 is 1.06 bits per heavy atom. The zero-order chi connectivity index (χ0) is 24.7. The maximum absolute atomic E-state index is 14.9. The number of nitrogens with one attached hydrogen (secondary N) is 3. The molecule has 8 nitrogen and oxygen atoms in total. The fourth-order valence-corrected chi connectivity index (χ4v) is 5.93. The molecule has 0 atom stereocenters. The fourth-order valence-electron chi connectivity index (χ4n) is 3.54. The number of thiophene rings is 1. The van der Waals surface area contributed by atoms with E-state index >= 15 is 0 Å². The molecule has 3 N–H and O–H groups in total. The lowest BCUT2D eigenvalue weighted by atomic mass is 10.1. The van der Waals surface area contributed by atoms with E-state index in [0.29, 0.717) is 11.4 Å². The minimum Gasteiger partial charge on any atom is -0.382 e. The Morgan fingerprint density at radius 2 is 1.83 bits per heavy atom. The van der Waals surface area contributed by atoms with Crippen LogP contribution in [0.5, 0.6) is 0 Å². The van der Waals surface area contributed by atoms with E-state index in [0.717, 1.165) is 41.3 Å². The second-order valence-electron chi connectivity index (χ2n) is 8.00. The maximum Gasteiger partial charge on any atom is 0.333 e. The van der Waals surface area contributed by atoms with Gasteiger partial charge in [-0.1, -0.05) is 11.6 Å². The third kappa shape index (κ3) is 5.02. The van der Waals surface area contributed by atoms with Gasteiger partial charge in [0.1, 0.15) is 10.0 Å². The molecule has 0 unspecified atom stereocenters. The highest BCUT2D eigenvalue weighted by Crippen LogP contribution is 2.27. The number of aromatic nitrogens is 1. The molecule has 0 radical (unpaired) electrons. The molecule has 1 aliphatic rings. The molecule has 0 spiro atoms. The van der Waals surface area contributed by atoms with Gasteiger partial charge in [-0.25, -0.2) is 22.3 Å². The predicted octanol–water partition coefficient (Wildman–Crippen LogP) is 4.93. The summed E-state index contributed by atoms with van der Waals surface area (Å²) in [5.74, 6) is -0.774. The number of amides is 2. The van der Waals surface area contributed by atoms with E-state index in [-0.39, 0.29) is 19.9 Å². The number of halogens is 2. The van der Waals surface area contributed by atoms with Crippen LogP contribution in [0, 0.1) is 5.82 Å². The molecule has 1 aliphatic carbocycles. The van der Waals surface area contributed by atoms with Crippen molar-refractivity contribution in [2.24, 2.45) is 0 Å². The van der Waals surface area contributed by atoms with Crippen molar-refractivity contribution in [1.29, 1.82) is 0 Å². The standard InChI is InChI=1S/C23H18ClFN4O4S2/c24-20-7-8-21(34-20)35(32,33)28-23(31)27-16-4-6-19(18(25)12-16)29-10-9-13-11-15(26-14-1-2-14)3-5-17(13)22(29)30/h3-12,14,26H,1-2H2,(H2,27,28,31). The van der Waals surface area contributed by atoms with Crippen molar-refractivity contribution in [1.82, 2.24) is 9.29 Å². The van der Waals surface area contributed by atoms with Crippen molar-refractivity contribution in [2.45, 2.75) is 23.1 Å². The van der Waals surface area contributed by atoms with E-state index in [9.17, 15) is 22.4 Å². The lowest BCUT2D eigenvalue weighted by Gasteiger charge is -2.12. The second-order valence-corrected chi connectivity index (χ2v) is 11.6. The third-order valence-electron chi connectivity index (χ3n) is 5.36. The SMILES string of the molecule is O=C(Nc1ccc(-n2ccc3cc(NC4CC4)ccc3c2=O)c(F)c1)NS(=O)(=O)c1ccc(Cl)s1. The Bertz CT molecular complexity index is 1630. The van der Waals surface area contributed by atoms with Crippen LogP contribution >= 0.6 is 22.9 Å². The number of urea groups is 1. The van der Waals surface area contributed by atoms with Crippen LogP contribution in [0.4, 0.5) is 20.6 Å². The Hall–Kier alpha value is -3.41. The average molecular weight is 533 g/mol. The number of rotatable bonds is 6. The van der Waals surface area contributed by atoms with Gasteiger partial charge in [-0.15, -0.1) is 11.3 Å². The number of carbonyl (C=O) groups excluding carboxylic acids is 1. The molecule has 2 amide bonds. The van der Waals surface area contributed by atoms with Crippen molar-refractivity contribution >= 4 is 61.1 Å². The topological polar surface area (TPSA) is 109 Å². The summed E-state index contributed by atoms with van der Waals surface area (Å²) in [6, 6.07) is 12.9. The van der Waals surface area contributed by atoms with Crippen LogP contribution in [-0.2, 0) is 10.0 Å². The van der Waals surface area contributed by atoms with Gasteiger partial charge >= 0.3 is 6.03 Å². The highest BCUT2D eigenvalue weighted by Gasteiger charge is 2.21. The molecule has 5 rings (SSSR count). The zero-order valence-electron chi connectivity index (χ0n) is 17.9. The van der Waals surface area contributed by atoms with Gasteiger partial charge in [0.25, 0.3) is 15.6 Å². The second kappa shape index (κ2) is 8.99. The Labute approximate surface area is 208 Å². The summed E-state index contributed by atoms with van der Waals surface area (Å²) in [4.78, 5) is 25.2. The first-order valence-electron chi connectivity index (χ1n) is 10.5. The molecule has 1 saturated carbocycles. The van der Waals surface area contributed by atoms with Gasteiger partial charge in [-0.2, -0.15) is 0 Å². The van der Waals surface area contributed by atoms with Crippen LogP contribution < -0.4 is 20.9 Å². The number of carbonyl (C=O) groups is 1. The quantitative estimate of drug-likeness (QED) is 0.326. The van der Waals surface area contributed by atoms with Crippen molar-refractivity contribution in [2.75, 3.05) is 10.6 Å². The van der Waals surface area contributed by atoms with E-state index in [4.69, 9.17) is 11.6 Å². The normalized spacial score (nSPS) is 13.5. The first kappa shape index (κ1) is 23.3. The van der Waals surface area contributed by atoms with Crippen LogP contribution in [0.15, 0.2) is 69.8 Å². The van der Waals surface area contributed by atoms with Gasteiger partial charge in [-0.05, 0) is 72.8 Å². The van der Waals surface area contributed by atoms with Crippen molar-refractivity contribution in [3.05, 3.63) is 81.3 Å². The van der Waals surface area contributed by atoms with Gasteiger partial charge in [0, 0.05) is 29.0 Å². The van der Waals surface area contributed by atoms with E-state index in [1.54, 1.807) is 12.1 Å². The van der Waals surface area contributed by atoms with Gasteiger partial charge in [0.15, 0.2) is 0 Å². The van der Waals surface area contributed by atoms with Crippen molar-refractivity contribution < 1.29 is 17.6 Å².